The van der Waals surface area contributed by atoms with E-state index in [1.807, 2.05) is 6.08 Å². The Bertz CT molecular complexity index is 144. The normalized spacial score (nSPS) is 35.3. The van der Waals surface area contributed by atoms with E-state index in [1.54, 1.807) is 0 Å². The molecule has 1 fully saturated rings. The maximum atomic E-state index is 8.75. The van der Waals surface area contributed by atoms with Gasteiger partial charge in [0.05, 0.1) is 12.2 Å². The molecule has 1 heterocycles. The first-order valence-corrected chi connectivity index (χ1v) is 4.12. The van der Waals surface area contributed by atoms with E-state index in [1.165, 1.54) is 0 Å². The molecule has 0 aliphatic carbocycles. The Labute approximate surface area is 67.9 Å². The van der Waals surface area contributed by atoms with Crippen molar-refractivity contribution in [3.05, 3.63) is 12.7 Å². The van der Waals surface area contributed by atoms with E-state index in [4.69, 9.17) is 9.84 Å². The van der Waals surface area contributed by atoms with E-state index in [9.17, 15) is 0 Å². The second kappa shape index (κ2) is 3.37. The van der Waals surface area contributed by atoms with Gasteiger partial charge in [-0.1, -0.05) is 6.08 Å². The first-order chi connectivity index (χ1) is 5.23. The van der Waals surface area contributed by atoms with Crippen LogP contribution in [0.2, 0.25) is 0 Å². The molecule has 0 aromatic rings. The van der Waals surface area contributed by atoms with Crippen molar-refractivity contribution >= 4 is 0 Å². The number of allylic oxidation sites excluding steroid dienone is 1. The topological polar surface area (TPSA) is 32.8 Å². The third-order valence-electron chi connectivity index (χ3n) is 2.28. The van der Waals surface area contributed by atoms with Gasteiger partial charge in [0, 0.05) is 0 Å². The number of aliphatic hydroxyl groups is 1. The summed E-state index contributed by atoms with van der Waals surface area (Å²) in [5.74, 6) is 0. The highest BCUT2D eigenvalue weighted by atomic mass is 16.6. The van der Waals surface area contributed by atoms with E-state index < -0.39 is 0 Å². The Morgan fingerprint density at radius 2 is 2.45 bits per heavy atom. The Hall–Kier alpha value is -0.340. The molecule has 0 spiro atoms. The molecule has 2 nitrogen and oxygen atoms in total. The van der Waals surface area contributed by atoms with E-state index >= 15 is 0 Å². The van der Waals surface area contributed by atoms with Crippen molar-refractivity contribution in [1.82, 2.24) is 0 Å². The summed E-state index contributed by atoms with van der Waals surface area (Å²) in [7, 11) is 0. The fourth-order valence-electron chi connectivity index (χ4n) is 1.34. The summed E-state index contributed by atoms with van der Waals surface area (Å²) in [6.07, 6.45) is 5.18. The zero-order valence-electron chi connectivity index (χ0n) is 7.05. The molecular formula is C9H16O2. The van der Waals surface area contributed by atoms with Crippen molar-refractivity contribution in [1.29, 1.82) is 0 Å². The third kappa shape index (κ3) is 2.04. The Balaban J connectivity index is 2.12. The molecule has 0 saturated carbocycles. The maximum Gasteiger partial charge on any atom is 0.110 e. The lowest BCUT2D eigenvalue weighted by Gasteiger charge is -2.02. The fraction of sp³-hybridized carbons (Fsp3) is 0.778. The molecule has 0 amide bonds. The van der Waals surface area contributed by atoms with Gasteiger partial charge in [-0.25, -0.2) is 0 Å². The number of aliphatic hydroxyl groups excluding tert-OH is 1. The number of ether oxygens (including phenoxy) is 1. The van der Waals surface area contributed by atoms with Gasteiger partial charge in [0.15, 0.2) is 0 Å². The zero-order valence-corrected chi connectivity index (χ0v) is 7.05. The second-order valence-corrected chi connectivity index (χ2v) is 3.28. The summed E-state index contributed by atoms with van der Waals surface area (Å²) in [6.45, 7) is 5.86. The average molecular weight is 156 g/mol. The third-order valence-corrected chi connectivity index (χ3v) is 2.28. The monoisotopic (exact) mass is 156 g/mol. The highest BCUT2D eigenvalue weighted by Gasteiger charge is 2.50. The lowest BCUT2D eigenvalue weighted by molar-refractivity contribution is 0.234. The predicted molar refractivity (Wildman–Crippen MR) is 44.4 cm³/mol. The lowest BCUT2D eigenvalue weighted by Crippen LogP contribution is -2.11. The molecule has 64 valence electrons. The molecular weight excluding hydrogens is 140 g/mol. The molecule has 0 bridgehead atoms. The largest absolute Gasteiger partial charge is 0.394 e. The van der Waals surface area contributed by atoms with Crippen molar-refractivity contribution in [3.8, 4) is 0 Å². The van der Waals surface area contributed by atoms with E-state index in [0.717, 1.165) is 19.3 Å². The number of rotatable bonds is 5. The molecule has 1 aliphatic heterocycles. The summed E-state index contributed by atoms with van der Waals surface area (Å²) in [6, 6.07) is 0. The summed E-state index contributed by atoms with van der Waals surface area (Å²) in [5.41, 5.74) is -0.0300. The Morgan fingerprint density at radius 3 is 2.91 bits per heavy atom. The van der Waals surface area contributed by atoms with Crippen molar-refractivity contribution < 1.29 is 9.84 Å². The number of epoxide rings is 1. The van der Waals surface area contributed by atoms with Gasteiger partial charge in [-0.15, -0.1) is 6.58 Å². The van der Waals surface area contributed by atoms with Crippen LogP contribution in [0.25, 0.3) is 0 Å². The smallest absolute Gasteiger partial charge is 0.110 e. The van der Waals surface area contributed by atoms with Crippen LogP contribution < -0.4 is 0 Å². The van der Waals surface area contributed by atoms with E-state index in [2.05, 4.69) is 13.5 Å². The molecule has 1 aliphatic rings. The molecule has 2 heteroatoms. The summed E-state index contributed by atoms with van der Waals surface area (Å²) < 4.78 is 5.32. The molecule has 0 radical (unpaired) electrons. The minimum atomic E-state index is -0.0300. The van der Waals surface area contributed by atoms with Gasteiger partial charge in [-0.2, -0.15) is 0 Å². The van der Waals surface area contributed by atoms with Crippen molar-refractivity contribution in [2.45, 2.75) is 37.9 Å². The van der Waals surface area contributed by atoms with Crippen LogP contribution >= 0.6 is 0 Å². The molecule has 11 heavy (non-hydrogen) atoms. The first kappa shape index (κ1) is 8.75. The van der Waals surface area contributed by atoms with Crippen LogP contribution in [0.3, 0.4) is 0 Å². The van der Waals surface area contributed by atoms with E-state index in [0.29, 0.717) is 0 Å². The van der Waals surface area contributed by atoms with Crippen LogP contribution in [-0.2, 0) is 4.74 Å². The zero-order chi connectivity index (χ0) is 8.32. The number of unbranched alkanes of at least 4 members (excludes halogenated alkanes) is 1. The molecule has 2 atom stereocenters. The predicted octanol–water partition coefficient (Wildman–Crippen LogP) is 1.49. The second-order valence-electron chi connectivity index (χ2n) is 3.28. The molecule has 0 aromatic heterocycles. The molecule has 0 unspecified atom stereocenters. The van der Waals surface area contributed by atoms with Gasteiger partial charge in [-0.3, -0.25) is 0 Å². The lowest BCUT2D eigenvalue weighted by atomic mass is 10.0. The number of hydrogen-bond donors (Lipinski definition) is 1. The Kier molecular flexibility index (Phi) is 2.68. The van der Waals surface area contributed by atoms with Crippen LogP contribution in [-0.4, -0.2) is 23.4 Å². The highest BCUT2D eigenvalue weighted by Crippen LogP contribution is 2.39. The van der Waals surface area contributed by atoms with Crippen LogP contribution in [0.5, 0.6) is 0 Å². The molecule has 1 N–H and O–H groups in total. The minimum absolute atomic E-state index is 0.0300. The standard InChI is InChI=1S/C9H16O2/c1-3-4-5-6-9(2)8(7-10)11-9/h3,8,10H,1,4-7H2,2H3/t8-,9-/m0/s1. The summed E-state index contributed by atoms with van der Waals surface area (Å²) in [5, 5.41) is 8.75. The van der Waals surface area contributed by atoms with Crippen molar-refractivity contribution in [2.24, 2.45) is 0 Å². The van der Waals surface area contributed by atoms with Gasteiger partial charge in [0.1, 0.15) is 6.10 Å². The summed E-state index contributed by atoms with van der Waals surface area (Å²) in [4.78, 5) is 0. The highest BCUT2D eigenvalue weighted by molar-refractivity contribution is 4.98. The van der Waals surface area contributed by atoms with Crippen LogP contribution in [0.1, 0.15) is 26.2 Å². The van der Waals surface area contributed by atoms with E-state index in [-0.39, 0.29) is 18.3 Å². The van der Waals surface area contributed by atoms with Gasteiger partial charge < -0.3 is 9.84 Å². The van der Waals surface area contributed by atoms with Crippen LogP contribution in [0.15, 0.2) is 12.7 Å². The van der Waals surface area contributed by atoms with Gasteiger partial charge in [-0.05, 0) is 26.2 Å². The summed E-state index contributed by atoms with van der Waals surface area (Å²) >= 11 is 0. The SMILES string of the molecule is C=CCCC[C@]1(C)O[C@H]1CO. The number of hydrogen-bond acceptors (Lipinski definition) is 2. The van der Waals surface area contributed by atoms with Gasteiger partial charge in [0.25, 0.3) is 0 Å². The van der Waals surface area contributed by atoms with Gasteiger partial charge in [0.2, 0.25) is 0 Å². The van der Waals surface area contributed by atoms with Crippen molar-refractivity contribution in [2.75, 3.05) is 6.61 Å². The maximum absolute atomic E-state index is 8.75. The van der Waals surface area contributed by atoms with Crippen LogP contribution in [0, 0.1) is 0 Å². The molecule has 1 rings (SSSR count). The quantitative estimate of drug-likeness (QED) is 0.371. The van der Waals surface area contributed by atoms with Crippen molar-refractivity contribution in [3.63, 3.8) is 0 Å². The molecule has 0 aromatic carbocycles. The fourth-order valence-corrected chi connectivity index (χ4v) is 1.34. The van der Waals surface area contributed by atoms with Crippen LogP contribution in [0.4, 0.5) is 0 Å². The first-order valence-electron chi connectivity index (χ1n) is 4.12. The minimum Gasteiger partial charge on any atom is -0.394 e. The Morgan fingerprint density at radius 1 is 1.73 bits per heavy atom. The molecule has 1 saturated heterocycles. The average Bonchev–Trinajstić information content (AvgIpc) is 2.63. The van der Waals surface area contributed by atoms with Gasteiger partial charge >= 0.3 is 0 Å².